The highest BCUT2D eigenvalue weighted by Gasteiger charge is 2.30. The zero-order valence-corrected chi connectivity index (χ0v) is 12.1. The summed E-state index contributed by atoms with van der Waals surface area (Å²) < 4.78 is 0. The summed E-state index contributed by atoms with van der Waals surface area (Å²) in [6.45, 7) is 15.3. The van der Waals surface area contributed by atoms with Crippen LogP contribution in [-0.2, 0) is 0 Å². The van der Waals surface area contributed by atoms with E-state index >= 15 is 0 Å². The van der Waals surface area contributed by atoms with Crippen LogP contribution in [0.5, 0.6) is 0 Å². The van der Waals surface area contributed by atoms with Gasteiger partial charge in [-0.3, -0.25) is 0 Å². The number of nitrogens with zero attached hydrogens (tertiary/aromatic N) is 1. The Morgan fingerprint density at radius 3 is 2.00 bits per heavy atom. The Morgan fingerprint density at radius 2 is 1.64 bits per heavy atom. The van der Waals surface area contributed by atoms with Gasteiger partial charge in [-0.1, -0.05) is 20.8 Å². The molecule has 0 bridgehead atoms. The smallest absolute Gasteiger partial charge is 0.0158 e. The molecular formula is C12H28NP. The lowest BCUT2D eigenvalue weighted by Gasteiger charge is -2.41. The minimum atomic E-state index is 0.336. The summed E-state index contributed by atoms with van der Waals surface area (Å²) in [6.07, 6.45) is 2.53. The van der Waals surface area contributed by atoms with E-state index in [0.29, 0.717) is 10.7 Å². The van der Waals surface area contributed by atoms with Gasteiger partial charge in [0, 0.05) is 5.54 Å². The SMILES string of the molecule is CCCN(C)C(C)(C)CC(C)(C)PC. The van der Waals surface area contributed by atoms with Crippen LogP contribution in [0, 0.1) is 0 Å². The van der Waals surface area contributed by atoms with Crippen molar-refractivity contribution >= 4 is 8.58 Å². The maximum absolute atomic E-state index is 2.49. The van der Waals surface area contributed by atoms with Gasteiger partial charge in [-0.05, 0) is 52.1 Å². The Labute approximate surface area is 92.4 Å². The van der Waals surface area contributed by atoms with E-state index in [1.165, 1.54) is 19.4 Å². The van der Waals surface area contributed by atoms with Crippen LogP contribution in [-0.4, -0.2) is 35.9 Å². The molecule has 0 aliphatic rings. The quantitative estimate of drug-likeness (QED) is 0.615. The van der Waals surface area contributed by atoms with Crippen LogP contribution in [0.3, 0.4) is 0 Å². The van der Waals surface area contributed by atoms with Crippen molar-refractivity contribution in [3.05, 3.63) is 0 Å². The van der Waals surface area contributed by atoms with Gasteiger partial charge in [0.25, 0.3) is 0 Å². The van der Waals surface area contributed by atoms with E-state index in [9.17, 15) is 0 Å². The van der Waals surface area contributed by atoms with E-state index in [1.54, 1.807) is 0 Å². The first kappa shape index (κ1) is 14.4. The summed E-state index contributed by atoms with van der Waals surface area (Å²) >= 11 is 0. The second kappa shape index (κ2) is 5.47. The Morgan fingerprint density at radius 1 is 1.14 bits per heavy atom. The average Bonchev–Trinajstić information content (AvgIpc) is 2.03. The van der Waals surface area contributed by atoms with Crippen LogP contribution in [0.4, 0.5) is 0 Å². The molecule has 1 unspecified atom stereocenters. The van der Waals surface area contributed by atoms with Gasteiger partial charge in [0.1, 0.15) is 0 Å². The zero-order valence-electron chi connectivity index (χ0n) is 11.1. The molecule has 0 rings (SSSR count). The molecule has 0 fully saturated rings. The second-order valence-electron chi connectivity index (χ2n) is 5.54. The van der Waals surface area contributed by atoms with Crippen molar-refractivity contribution in [1.29, 1.82) is 0 Å². The average molecular weight is 217 g/mol. The molecule has 0 heterocycles. The summed E-state index contributed by atoms with van der Waals surface area (Å²) in [4.78, 5) is 2.49. The molecule has 0 saturated carbocycles. The topological polar surface area (TPSA) is 3.24 Å². The maximum atomic E-state index is 2.49. The van der Waals surface area contributed by atoms with Crippen molar-refractivity contribution in [2.75, 3.05) is 20.3 Å². The summed E-state index contributed by atoms with van der Waals surface area (Å²) in [5.74, 6) is 0. The van der Waals surface area contributed by atoms with Crippen LogP contribution >= 0.6 is 8.58 Å². The molecule has 0 aromatic rings. The van der Waals surface area contributed by atoms with Crippen LogP contribution in [0.25, 0.3) is 0 Å². The van der Waals surface area contributed by atoms with Crippen LogP contribution in [0.1, 0.15) is 47.5 Å². The molecule has 0 aliphatic carbocycles. The Kier molecular flexibility index (Phi) is 5.62. The predicted octanol–water partition coefficient (Wildman–Crippen LogP) is 3.58. The van der Waals surface area contributed by atoms with Crippen molar-refractivity contribution in [2.24, 2.45) is 0 Å². The van der Waals surface area contributed by atoms with Crippen molar-refractivity contribution in [1.82, 2.24) is 4.90 Å². The van der Waals surface area contributed by atoms with Gasteiger partial charge in [0.2, 0.25) is 0 Å². The molecule has 0 aliphatic heterocycles. The van der Waals surface area contributed by atoms with Gasteiger partial charge in [0.15, 0.2) is 0 Å². The Bertz CT molecular complexity index is 164. The zero-order chi connectivity index (χ0) is 11.4. The van der Waals surface area contributed by atoms with Crippen molar-refractivity contribution in [2.45, 2.75) is 58.2 Å². The van der Waals surface area contributed by atoms with Gasteiger partial charge < -0.3 is 4.90 Å². The van der Waals surface area contributed by atoms with E-state index in [0.717, 1.165) is 8.58 Å². The minimum Gasteiger partial charge on any atom is -0.301 e. The lowest BCUT2D eigenvalue weighted by Crippen LogP contribution is -2.45. The lowest BCUT2D eigenvalue weighted by molar-refractivity contribution is 0.135. The summed E-state index contributed by atoms with van der Waals surface area (Å²) in [5.41, 5.74) is 0.336. The highest BCUT2D eigenvalue weighted by atomic mass is 31.1. The molecule has 0 radical (unpaired) electrons. The number of hydrogen-bond donors (Lipinski definition) is 0. The lowest BCUT2D eigenvalue weighted by atomic mass is 9.90. The third-order valence-corrected chi connectivity index (χ3v) is 4.67. The third-order valence-electron chi connectivity index (χ3n) is 3.14. The molecule has 1 nitrogen and oxygen atoms in total. The molecule has 0 aromatic carbocycles. The summed E-state index contributed by atoms with van der Waals surface area (Å²) in [6, 6.07) is 0. The first-order chi connectivity index (χ1) is 6.25. The van der Waals surface area contributed by atoms with Gasteiger partial charge in [-0.25, -0.2) is 0 Å². The first-order valence-electron chi connectivity index (χ1n) is 5.65. The molecule has 86 valence electrons. The molecule has 0 aromatic heterocycles. The summed E-state index contributed by atoms with van der Waals surface area (Å²) in [7, 11) is 3.27. The molecule has 0 spiro atoms. The second-order valence-corrected chi connectivity index (χ2v) is 7.40. The fourth-order valence-electron chi connectivity index (χ4n) is 1.94. The van der Waals surface area contributed by atoms with Gasteiger partial charge in [-0.2, -0.15) is 0 Å². The van der Waals surface area contributed by atoms with Crippen molar-refractivity contribution in [3.8, 4) is 0 Å². The summed E-state index contributed by atoms with van der Waals surface area (Å²) in [5, 5.41) is 0.492. The predicted molar refractivity (Wildman–Crippen MR) is 69.9 cm³/mol. The fourth-order valence-corrected chi connectivity index (χ4v) is 2.55. The van der Waals surface area contributed by atoms with Gasteiger partial charge in [0.05, 0.1) is 0 Å². The minimum absolute atomic E-state index is 0.336. The molecule has 2 heteroatoms. The van der Waals surface area contributed by atoms with Gasteiger partial charge in [-0.15, -0.1) is 8.58 Å². The molecule has 0 amide bonds. The molecule has 0 N–H and O–H groups in total. The standard InChI is InChI=1S/C12H28NP/c1-8-9-13(6)11(2,3)10-12(4,5)14-7/h14H,8-10H2,1-7H3. The largest absolute Gasteiger partial charge is 0.301 e. The third kappa shape index (κ3) is 4.75. The molecule has 0 saturated heterocycles. The maximum Gasteiger partial charge on any atom is 0.0158 e. The highest BCUT2D eigenvalue weighted by Crippen LogP contribution is 2.37. The monoisotopic (exact) mass is 217 g/mol. The van der Waals surface area contributed by atoms with E-state index in [2.05, 4.69) is 53.2 Å². The van der Waals surface area contributed by atoms with E-state index in [4.69, 9.17) is 0 Å². The van der Waals surface area contributed by atoms with Crippen molar-refractivity contribution in [3.63, 3.8) is 0 Å². The van der Waals surface area contributed by atoms with Crippen LogP contribution < -0.4 is 0 Å². The molecular weight excluding hydrogens is 189 g/mol. The van der Waals surface area contributed by atoms with Crippen LogP contribution in [0.2, 0.25) is 0 Å². The molecule has 14 heavy (non-hydrogen) atoms. The van der Waals surface area contributed by atoms with E-state index in [1.807, 2.05) is 0 Å². The Hall–Kier alpha value is 0.390. The Balaban J connectivity index is 4.31. The molecule has 1 atom stereocenters. The first-order valence-corrected chi connectivity index (χ1v) is 7.15. The van der Waals surface area contributed by atoms with Gasteiger partial charge >= 0.3 is 0 Å². The van der Waals surface area contributed by atoms with Crippen molar-refractivity contribution < 1.29 is 0 Å². The number of hydrogen-bond acceptors (Lipinski definition) is 1. The van der Waals surface area contributed by atoms with E-state index < -0.39 is 0 Å². The number of rotatable bonds is 6. The highest BCUT2D eigenvalue weighted by molar-refractivity contribution is 7.38. The fraction of sp³-hybridized carbons (Fsp3) is 1.00. The normalized spacial score (nSPS) is 14.6. The van der Waals surface area contributed by atoms with E-state index in [-0.39, 0.29) is 0 Å². The van der Waals surface area contributed by atoms with Crippen LogP contribution in [0.15, 0.2) is 0 Å².